The van der Waals surface area contributed by atoms with Crippen LogP contribution < -0.4 is 9.47 Å². The molecule has 7 heteroatoms. The Bertz CT molecular complexity index is 817. The lowest BCUT2D eigenvalue weighted by Gasteiger charge is -2.41. The van der Waals surface area contributed by atoms with Crippen LogP contribution in [-0.4, -0.2) is 66.5 Å². The predicted molar refractivity (Wildman–Crippen MR) is 109 cm³/mol. The highest BCUT2D eigenvalue weighted by molar-refractivity contribution is 5.41. The summed E-state index contributed by atoms with van der Waals surface area (Å²) in [7, 11) is 3.06. The second-order valence-electron chi connectivity index (χ2n) is 7.34. The summed E-state index contributed by atoms with van der Waals surface area (Å²) in [6, 6.07) is 10.4. The number of halogens is 1. The number of ether oxygens (including phenoxy) is 2. The molecule has 158 valence electrons. The van der Waals surface area contributed by atoms with Crippen molar-refractivity contribution < 1.29 is 24.1 Å². The monoisotopic (exact) mass is 404 g/mol. The first-order valence-electron chi connectivity index (χ1n) is 9.79. The first kappa shape index (κ1) is 21.4. The molecular formula is C22H29FN2O4. The van der Waals surface area contributed by atoms with E-state index in [1.165, 1.54) is 20.3 Å². The average Bonchev–Trinajstić information content (AvgIpc) is 2.72. The van der Waals surface area contributed by atoms with Gasteiger partial charge in [-0.3, -0.25) is 9.80 Å². The minimum Gasteiger partial charge on any atom is -0.504 e. The lowest BCUT2D eigenvalue weighted by Crippen LogP contribution is -2.52. The Labute approximate surface area is 171 Å². The smallest absolute Gasteiger partial charge is 0.160 e. The number of phenolic OH excluding ortho intramolecular Hbond substituents is 1. The maximum Gasteiger partial charge on any atom is 0.160 e. The van der Waals surface area contributed by atoms with Crippen LogP contribution in [0.1, 0.15) is 17.5 Å². The highest BCUT2D eigenvalue weighted by Gasteiger charge is 2.27. The lowest BCUT2D eigenvalue weighted by atomic mass is 10.1. The number of phenols is 1. The Morgan fingerprint density at radius 2 is 1.90 bits per heavy atom. The molecule has 2 aromatic rings. The van der Waals surface area contributed by atoms with E-state index in [-0.39, 0.29) is 24.2 Å². The minimum absolute atomic E-state index is 0.0904. The summed E-state index contributed by atoms with van der Waals surface area (Å²) < 4.78 is 24.6. The maximum absolute atomic E-state index is 14.4. The Kier molecular flexibility index (Phi) is 7.30. The molecule has 1 saturated heterocycles. The third kappa shape index (κ3) is 5.38. The molecule has 1 heterocycles. The molecule has 1 aliphatic rings. The first-order chi connectivity index (χ1) is 14.0. The number of hydrogen-bond acceptors (Lipinski definition) is 6. The lowest BCUT2D eigenvalue weighted by molar-refractivity contribution is 0.0492. The summed E-state index contributed by atoms with van der Waals surface area (Å²) in [5.74, 6) is 0.821. The fraction of sp³-hybridized carbons (Fsp3) is 0.455. The zero-order chi connectivity index (χ0) is 20.8. The summed E-state index contributed by atoms with van der Waals surface area (Å²) in [5.41, 5.74) is 1.68. The summed E-state index contributed by atoms with van der Waals surface area (Å²) in [4.78, 5) is 4.54. The van der Waals surface area contributed by atoms with Crippen LogP contribution in [0.5, 0.6) is 17.2 Å². The van der Waals surface area contributed by atoms with Crippen LogP contribution in [-0.2, 0) is 13.1 Å². The molecule has 1 unspecified atom stereocenters. The third-order valence-electron chi connectivity index (χ3n) is 5.44. The van der Waals surface area contributed by atoms with E-state index in [0.29, 0.717) is 30.0 Å². The van der Waals surface area contributed by atoms with Crippen molar-refractivity contribution in [2.75, 3.05) is 40.5 Å². The van der Waals surface area contributed by atoms with Gasteiger partial charge in [-0.15, -0.1) is 0 Å². The molecule has 0 bridgehead atoms. The minimum atomic E-state index is -0.272. The van der Waals surface area contributed by atoms with Crippen molar-refractivity contribution in [3.05, 3.63) is 53.3 Å². The van der Waals surface area contributed by atoms with Crippen molar-refractivity contribution in [2.45, 2.75) is 25.6 Å². The van der Waals surface area contributed by atoms with Gasteiger partial charge in [0.1, 0.15) is 11.6 Å². The number of aliphatic hydroxyl groups is 1. The number of piperazine rings is 1. The molecule has 3 rings (SSSR count). The molecule has 0 aromatic heterocycles. The molecular weight excluding hydrogens is 375 g/mol. The van der Waals surface area contributed by atoms with E-state index < -0.39 is 0 Å². The van der Waals surface area contributed by atoms with Gasteiger partial charge in [0.2, 0.25) is 0 Å². The fourth-order valence-corrected chi connectivity index (χ4v) is 3.81. The van der Waals surface area contributed by atoms with E-state index in [2.05, 4.69) is 9.80 Å². The number of aromatic hydroxyl groups is 1. The molecule has 29 heavy (non-hydrogen) atoms. The quantitative estimate of drug-likeness (QED) is 0.705. The number of rotatable bonds is 8. The van der Waals surface area contributed by atoms with Crippen molar-refractivity contribution in [2.24, 2.45) is 0 Å². The number of methoxy groups -OCH3 is 2. The van der Waals surface area contributed by atoms with E-state index in [1.807, 2.05) is 12.1 Å². The molecule has 0 amide bonds. The zero-order valence-corrected chi connectivity index (χ0v) is 17.0. The highest BCUT2D eigenvalue weighted by Crippen LogP contribution is 2.28. The summed E-state index contributed by atoms with van der Waals surface area (Å²) >= 11 is 0. The fourth-order valence-electron chi connectivity index (χ4n) is 3.81. The van der Waals surface area contributed by atoms with Crippen molar-refractivity contribution >= 4 is 0 Å². The highest BCUT2D eigenvalue weighted by atomic mass is 19.1. The second kappa shape index (κ2) is 9.91. The number of nitrogens with zero attached hydrogens (tertiary/aromatic N) is 2. The molecule has 0 radical (unpaired) electrons. The van der Waals surface area contributed by atoms with E-state index in [9.17, 15) is 14.6 Å². The third-order valence-corrected chi connectivity index (χ3v) is 5.44. The molecule has 1 atom stereocenters. The Balaban J connectivity index is 1.66. The van der Waals surface area contributed by atoms with Crippen LogP contribution in [0.25, 0.3) is 0 Å². The Morgan fingerprint density at radius 1 is 1.07 bits per heavy atom. The van der Waals surface area contributed by atoms with Crippen LogP contribution in [0.15, 0.2) is 36.4 Å². The number of hydrogen-bond donors (Lipinski definition) is 2. The molecule has 6 nitrogen and oxygen atoms in total. The van der Waals surface area contributed by atoms with E-state index in [1.54, 1.807) is 18.2 Å². The maximum atomic E-state index is 14.4. The van der Waals surface area contributed by atoms with Crippen LogP contribution in [0.3, 0.4) is 0 Å². The number of aliphatic hydroxyl groups excluding tert-OH is 1. The average molecular weight is 404 g/mol. The molecule has 2 N–H and O–H groups in total. The van der Waals surface area contributed by atoms with Gasteiger partial charge in [0.25, 0.3) is 0 Å². The van der Waals surface area contributed by atoms with Crippen molar-refractivity contribution in [3.8, 4) is 17.2 Å². The molecule has 1 aliphatic heterocycles. The van der Waals surface area contributed by atoms with Gasteiger partial charge < -0.3 is 19.7 Å². The standard InChI is InChI=1S/C22H29FN2O4/c1-28-19-5-4-17(20(23)12-19)14-25-9-8-24(15-18(25)7-10-26)13-16-3-6-21(27)22(11-16)29-2/h3-6,11-12,18,26-27H,7-10,13-15H2,1-2H3. The molecule has 0 saturated carbocycles. The van der Waals surface area contributed by atoms with Gasteiger partial charge in [-0.05, 0) is 30.2 Å². The van der Waals surface area contributed by atoms with Gasteiger partial charge in [-0.1, -0.05) is 12.1 Å². The molecule has 0 aliphatic carbocycles. The summed E-state index contributed by atoms with van der Waals surface area (Å²) in [6.45, 7) is 3.72. The Hall–Kier alpha value is -2.35. The number of benzene rings is 2. The van der Waals surface area contributed by atoms with E-state index in [0.717, 1.165) is 31.7 Å². The summed E-state index contributed by atoms with van der Waals surface area (Å²) in [6.07, 6.45) is 0.632. The summed E-state index contributed by atoms with van der Waals surface area (Å²) in [5, 5.41) is 19.3. The van der Waals surface area contributed by atoms with Crippen molar-refractivity contribution in [1.29, 1.82) is 0 Å². The first-order valence-corrected chi connectivity index (χ1v) is 9.79. The molecule has 0 spiro atoms. The van der Waals surface area contributed by atoms with Gasteiger partial charge in [-0.2, -0.15) is 0 Å². The van der Waals surface area contributed by atoms with Gasteiger partial charge in [-0.25, -0.2) is 4.39 Å². The van der Waals surface area contributed by atoms with Gasteiger partial charge >= 0.3 is 0 Å². The van der Waals surface area contributed by atoms with Gasteiger partial charge in [0.05, 0.1) is 14.2 Å². The van der Waals surface area contributed by atoms with Crippen LogP contribution in [0.2, 0.25) is 0 Å². The largest absolute Gasteiger partial charge is 0.504 e. The Morgan fingerprint density at radius 3 is 2.59 bits per heavy atom. The van der Waals surface area contributed by atoms with Crippen molar-refractivity contribution in [1.82, 2.24) is 9.80 Å². The van der Waals surface area contributed by atoms with Crippen LogP contribution >= 0.6 is 0 Å². The zero-order valence-electron chi connectivity index (χ0n) is 17.0. The van der Waals surface area contributed by atoms with Gasteiger partial charge in [0, 0.05) is 57.0 Å². The molecule has 1 fully saturated rings. The normalized spacial score (nSPS) is 18.0. The SMILES string of the molecule is COc1ccc(CN2CCN(Cc3ccc(O)c(OC)c3)CC2CCO)c(F)c1. The second-order valence-corrected chi connectivity index (χ2v) is 7.34. The topological polar surface area (TPSA) is 65.4 Å². The van der Waals surface area contributed by atoms with Crippen LogP contribution in [0.4, 0.5) is 4.39 Å². The van der Waals surface area contributed by atoms with Crippen LogP contribution in [0, 0.1) is 5.82 Å². The predicted octanol–water partition coefficient (Wildman–Crippen LogP) is 2.62. The van der Waals surface area contributed by atoms with Crippen molar-refractivity contribution in [3.63, 3.8) is 0 Å². The van der Waals surface area contributed by atoms with E-state index >= 15 is 0 Å². The van der Waals surface area contributed by atoms with Gasteiger partial charge in [0.15, 0.2) is 11.5 Å². The molecule has 2 aromatic carbocycles. The van der Waals surface area contributed by atoms with E-state index in [4.69, 9.17) is 9.47 Å².